The standard InChI is InChI=1S/C19H15F3N4O/c20-19(21,22)15-4-6-16(7-5-15)26-18(27)25-11-13-3-8-17(24-10-13)14-2-1-9-23-12-14/h1-10,12H,11H2,(H2,25,26,27). The van der Waals surface area contributed by atoms with Gasteiger partial charge >= 0.3 is 12.2 Å². The van der Waals surface area contributed by atoms with Gasteiger partial charge < -0.3 is 10.6 Å². The van der Waals surface area contributed by atoms with E-state index in [1.165, 1.54) is 12.1 Å². The summed E-state index contributed by atoms with van der Waals surface area (Å²) in [6, 6.07) is 11.1. The third-order valence-electron chi connectivity index (χ3n) is 3.71. The largest absolute Gasteiger partial charge is 0.416 e. The molecule has 0 unspecified atom stereocenters. The molecule has 0 radical (unpaired) electrons. The number of urea groups is 1. The highest BCUT2D eigenvalue weighted by atomic mass is 19.4. The summed E-state index contributed by atoms with van der Waals surface area (Å²) >= 11 is 0. The summed E-state index contributed by atoms with van der Waals surface area (Å²) in [7, 11) is 0. The molecular weight excluding hydrogens is 357 g/mol. The van der Waals surface area contributed by atoms with Crippen LogP contribution in [-0.2, 0) is 12.7 Å². The van der Waals surface area contributed by atoms with Crippen LogP contribution in [0.1, 0.15) is 11.1 Å². The molecule has 0 fully saturated rings. The van der Waals surface area contributed by atoms with Gasteiger partial charge in [0.05, 0.1) is 11.3 Å². The summed E-state index contributed by atoms with van der Waals surface area (Å²) < 4.78 is 37.6. The lowest BCUT2D eigenvalue weighted by atomic mass is 10.1. The van der Waals surface area contributed by atoms with Gasteiger partial charge in [0.1, 0.15) is 0 Å². The maximum atomic E-state index is 12.5. The number of benzene rings is 1. The molecule has 2 heterocycles. The lowest BCUT2D eigenvalue weighted by molar-refractivity contribution is -0.137. The fraction of sp³-hybridized carbons (Fsp3) is 0.105. The quantitative estimate of drug-likeness (QED) is 0.709. The van der Waals surface area contributed by atoms with Crippen molar-refractivity contribution in [3.8, 4) is 11.3 Å². The second kappa shape index (κ2) is 7.86. The topological polar surface area (TPSA) is 66.9 Å². The second-order valence-corrected chi connectivity index (χ2v) is 5.68. The number of rotatable bonds is 4. The van der Waals surface area contributed by atoms with Crippen LogP contribution in [-0.4, -0.2) is 16.0 Å². The molecule has 27 heavy (non-hydrogen) atoms. The molecule has 0 aliphatic carbocycles. The number of amides is 2. The summed E-state index contributed by atoms with van der Waals surface area (Å²) in [5.74, 6) is 0. The van der Waals surface area contributed by atoms with Crippen molar-refractivity contribution in [1.82, 2.24) is 15.3 Å². The van der Waals surface area contributed by atoms with Crippen LogP contribution in [0.5, 0.6) is 0 Å². The van der Waals surface area contributed by atoms with E-state index in [2.05, 4.69) is 20.6 Å². The van der Waals surface area contributed by atoms with E-state index in [0.717, 1.165) is 29.0 Å². The van der Waals surface area contributed by atoms with Gasteiger partial charge in [-0.1, -0.05) is 6.07 Å². The number of aromatic nitrogens is 2. The normalized spacial score (nSPS) is 11.1. The van der Waals surface area contributed by atoms with Crippen LogP contribution >= 0.6 is 0 Å². The first-order chi connectivity index (χ1) is 12.9. The molecule has 8 heteroatoms. The Morgan fingerprint density at radius 3 is 2.37 bits per heavy atom. The zero-order chi connectivity index (χ0) is 19.3. The number of anilines is 1. The highest BCUT2D eigenvalue weighted by Crippen LogP contribution is 2.29. The highest BCUT2D eigenvalue weighted by Gasteiger charge is 2.29. The summed E-state index contributed by atoms with van der Waals surface area (Å²) in [6.07, 6.45) is 0.616. The molecule has 3 aromatic rings. The molecular formula is C19H15F3N4O. The third kappa shape index (κ3) is 5.04. The van der Waals surface area contributed by atoms with Gasteiger partial charge in [-0.2, -0.15) is 13.2 Å². The van der Waals surface area contributed by atoms with Gasteiger partial charge in [0.2, 0.25) is 0 Å². The number of nitrogens with one attached hydrogen (secondary N) is 2. The van der Waals surface area contributed by atoms with Gasteiger partial charge in [0, 0.05) is 36.4 Å². The smallest absolute Gasteiger partial charge is 0.334 e. The minimum Gasteiger partial charge on any atom is -0.334 e. The maximum absolute atomic E-state index is 12.5. The molecule has 0 saturated heterocycles. The SMILES string of the molecule is O=C(NCc1ccc(-c2cccnc2)nc1)Nc1ccc(C(F)(F)F)cc1. The number of hydrogen-bond acceptors (Lipinski definition) is 3. The summed E-state index contributed by atoms with van der Waals surface area (Å²) in [5.41, 5.74) is 1.93. The van der Waals surface area contributed by atoms with Crippen LogP contribution in [0.4, 0.5) is 23.7 Å². The lowest BCUT2D eigenvalue weighted by Gasteiger charge is -2.10. The molecule has 0 aliphatic heterocycles. The van der Waals surface area contributed by atoms with E-state index in [1.807, 2.05) is 24.3 Å². The molecule has 0 atom stereocenters. The van der Waals surface area contributed by atoms with Gasteiger partial charge in [-0.25, -0.2) is 4.79 Å². The Balaban J connectivity index is 1.53. The van der Waals surface area contributed by atoms with Gasteiger partial charge in [0.25, 0.3) is 0 Å². The Kier molecular flexibility index (Phi) is 5.35. The molecule has 5 nitrogen and oxygen atoms in total. The van der Waals surface area contributed by atoms with Crippen molar-refractivity contribution in [1.29, 1.82) is 0 Å². The number of carbonyl (C=O) groups is 1. The zero-order valence-corrected chi connectivity index (χ0v) is 14.0. The monoisotopic (exact) mass is 372 g/mol. The molecule has 1 aromatic carbocycles. The summed E-state index contributed by atoms with van der Waals surface area (Å²) in [6.45, 7) is 0.229. The number of halogens is 3. The Morgan fingerprint density at radius 2 is 1.78 bits per heavy atom. The van der Waals surface area contributed by atoms with Gasteiger partial charge in [-0.3, -0.25) is 9.97 Å². The van der Waals surface area contributed by atoms with E-state index in [9.17, 15) is 18.0 Å². The predicted octanol–water partition coefficient (Wildman–Crippen LogP) is 4.48. The van der Waals surface area contributed by atoms with E-state index < -0.39 is 17.8 Å². The minimum atomic E-state index is -4.41. The van der Waals surface area contributed by atoms with Crippen molar-refractivity contribution >= 4 is 11.7 Å². The predicted molar refractivity (Wildman–Crippen MR) is 94.8 cm³/mol. The van der Waals surface area contributed by atoms with E-state index in [1.54, 1.807) is 18.6 Å². The first-order valence-electron chi connectivity index (χ1n) is 7.99. The second-order valence-electron chi connectivity index (χ2n) is 5.68. The average Bonchev–Trinajstić information content (AvgIpc) is 2.67. The first kappa shape index (κ1) is 18.4. The van der Waals surface area contributed by atoms with Crippen LogP contribution in [0, 0.1) is 0 Å². The van der Waals surface area contributed by atoms with Crippen LogP contribution in [0.2, 0.25) is 0 Å². The van der Waals surface area contributed by atoms with Gasteiger partial charge in [0.15, 0.2) is 0 Å². The van der Waals surface area contributed by atoms with E-state index in [4.69, 9.17) is 0 Å². The Morgan fingerprint density at radius 1 is 1.00 bits per heavy atom. The molecule has 138 valence electrons. The average molecular weight is 372 g/mol. The van der Waals surface area contributed by atoms with Crippen molar-refractivity contribution in [2.24, 2.45) is 0 Å². The van der Waals surface area contributed by atoms with E-state index >= 15 is 0 Å². The molecule has 0 spiro atoms. The van der Waals surface area contributed by atoms with Crippen molar-refractivity contribution in [3.05, 3.63) is 78.2 Å². The molecule has 0 aliphatic rings. The number of carbonyl (C=O) groups excluding carboxylic acids is 1. The zero-order valence-electron chi connectivity index (χ0n) is 14.0. The molecule has 0 bridgehead atoms. The summed E-state index contributed by atoms with van der Waals surface area (Å²) in [5, 5.41) is 5.11. The molecule has 0 saturated carbocycles. The maximum Gasteiger partial charge on any atom is 0.416 e. The first-order valence-corrected chi connectivity index (χ1v) is 7.99. The van der Waals surface area contributed by atoms with E-state index in [-0.39, 0.29) is 12.2 Å². The number of hydrogen-bond donors (Lipinski definition) is 2. The van der Waals surface area contributed by atoms with Crippen molar-refractivity contribution < 1.29 is 18.0 Å². The lowest BCUT2D eigenvalue weighted by Crippen LogP contribution is -2.28. The van der Waals surface area contributed by atoms with Crippen LogP contribution in [0.3, 0.4) is 0 Å². The number of alkyl halides is 3. The Bertz CT molecular complexity index is 895. The number of pyridine rings is 2. The minimum absolute atomic E-state index is 0.229. The van der Waals surface area contributed by atoms with Crippen molar-refractivity contribution in [2.75, 3.05) is 5.32 Å². The van der Waals surface area contributed by atoms with Crippen molar-refractivity contribution in [3.63, 3.8) is 0 Å². The third-order valence-corrected chi connectivity index (χ3v) is 3.71. The molecule has 3 rings (SSSR count). The van der Waals surface area contributed by atoms with E-state index in [0.29, 0.717) is 0 Å². The van der Waals surface area contributed by atoms with Crippen molar-refractivity contribution in [2.45, 2.75) is 12.7 Å². The Hall–Kier alpha value is -3.42. The molecule has 2 aromatic heterocycles. The fourth-order valence-electron chi connectivity index (χ4n) is 2.31. The molecule has 2 amide bonds. The van der Waals surface area contributed by atoms with Gasteiger partial charge in [-0.05, 0) is 48.0 Å². The number of nitrogens with zero attached hydrogens (tertiary/aromatic N) is 2. The van der Waals surface area contributed by atoms with Crippen LogP contribution in [0.15, 0.2) is 67.1 Å². The molecule has 2 N–H and O–H groups in total. The highest BCUT2D eigenvalue weighted by molar-refractivity contribution is 5.89. The summed E-state index contributed by atoms with van der Waals surface area (Å²) in [4.78, 5) is 20.2. The fourth-order valence-corrected chi connectivity index (χ4v) is 2.31. The van der Waals surface area contributed by atoms with Crippen LogP contribution < -0.4 is 10.6 Å². The van der Waals surface area contributed by atoms with Crippen LogP contribution in [0.25, 0.3) is 11.3 Å². The Labute approximate surface area is 153 Å². The van der Waals surface area contributed by atoms with Gasteiger partial charge in [-0.15, -0.1) is 0 Å².